The third kappa shape index (κ3) is 6.17. The van der Waals surface area contributed by atoms with E-state index < -0.39 is 9.84 Å². The fraction of sp³-hybridized carbons (Fsp3) is 0.538. The Labute approximate surface area is 125 Å². The minimum atomic E-state index is -2.90. The topological polar surface area (TPSA) is 46.2 Å². The summed E-state index contributed by atoms with van der Waals surface area (Å²) < 4.78 is 22.1. The number of hydrogen-bond donors (Lipinski definition) is 1. The fourth-order valence-corrected chi connectivity index (χ4v) is 4.23. The summed E-state index contributed by atoms with van der Waals surface area (Å²) in [5.74, 6) is 0.738. The quantitative estimate of drug-likeness (QED) is 0.784. The molecule has 0 amide bonds. The van der Waals surface area contributed by atoms with Gasteiger partial charge in [-0.25, -0.2) is 8.42 Å². The molecule has 1 atom stereocenters. The van der Waals surface area contributed by atoms with Crippen molar-refractivity contribution >= 4 is 33.2 Å². The molecule has 0 saturated heterocycles. The van der Waals surface area contributed by atoms with Gasteiger partial charge in [0.05, 0.1) is 5.75 Å². The first-order valence-electron chi connectivity index (χ1n) is 6.17. The number of thioether (sulfide) groups is 1. The van der Waals surface area contributed by atoms with Gasteiger partial charge in [0.15, 0.2) is 0 Å². The molecule has 108 valence electrons. The Morgan fingerprint density at radius 3 is 2.63 bits per heavy atom. The molecule has 3 nitrogen and oxygen atoms in total. The summed E-state index contributed by atoms with van der Waals surface area (Å²) in [7, 11) is -2.90. The summed E-state index contributed by atoms with van der Waals surface area (Å²) in [6.45, 7) is 5.02. The summed E-state index contributed by atoms with van der Waals surface area (Å²) in [4.78, 5) is 1.00. The minimum Gasteiger partial charge on any atom is -0.310 e. The standard InChI is InChI=1S/C13H20ClNO2S2/c1-4-15-10(2)12-6-5-11(9-13(12)14)18-7-8-19(3,16)17/h5-6,9-10,15H,4,7-8H2,1-3H3. The summed E-state index contributed by atoms with van der Waals surface area (Å²) >= 11 is 7.77. The van der Waals surface area contributed by atoms with Crippen LogP contribution in [-0.4, -0.2) is 32.7 Å². The van der Waals surface area contributed by atoms with Crippen LogP contribution in [0, 0.1) is 0 Å². The van der Waals surface area contributed by atoms with E-state index >= 15 is 0 Å². The van der Waals surface area contributed by atoms with Crippen LogP contribution in [0.15, 0.2) is 23.1 Å². The Bertz CT molecular complexity index is 517. The van der Waals surface area contributed by atoms with Crippen LogP contribution in [0.1, 0.15) is 25.5 Å². The number of nitrogens with one attached hydrogen (secondary N) is 1. The SMILES string of the molecule is CCNC(C)c1ccc(SCCS(C)(=O)=O)cc1Cl. The lowest BCUT2D eigenvalue weighted by Crippen LogP contribution is -2.17. The molecular formula is C13H20ClNO2S2. The molecule has 0 bridgehead atoms. The van der Waals surface area contributed by atoms with E-state index in [-0.39, 0.29) is 11.8 Å². The van der Waals surface area contributed by atoms with Crippen LogP contribution in [-0.2, 0) is 9.84 Å². The Morgan fingerprint density at radius 1 is 1.42 bits per heavy atom. The molecule has 1 N–H and O–H groups in total. The number of rotatable bonds is 7. The van der Waals surface area contributed by atoms with Crippen molar-refractivity contribution in [3.05, 3.63) is 28.8 Å². The molecule has 0 aliphatic heterocycles. The number of benzene rings is 1. The molecule has 1 unspecified atom stereocenters. The Hall–Kier alpha value is -0.230. The maximum Gasteiger partial charge on any atom is 0.148 e. The van der Waals surface area contributed by atoms with Crippen molar-refractivity contribution in [3.63, 3.8) is 0 Å². The monoisotopic (exact) mass is 321 g/mol. The maximum atomic E-state index is 11.1. The normalized spacial score (nSPS) is 13.5. The lowest BCUT2D eigenvalue weighted by Gasteiger charge is -2.15. The smallest absolute Gasteiger partial charge is 0.148 e. The van der Waals surface area contributed by atoms with Crippen LogP contribution in [0.3, 0.4) is 0 Å². The average molecular weight is 322 g/mol. The van der Waals surface area contributed by atoms with Crippen molar-refractivity contribution in [2.45, 2.75) is 24.8 Å². The van der Waals surface area contributed by atoms with E-state index in [0.717, 1.165) is 22.0 Å². The van der Waals surface area contributed by atoms with Crippen LogP contribution >= 0.6 is 23.4 Å². The molecule has 0 fully saturated rings. The summed E-state index contributed by atoms with van der Waals surface area (Å²) in [5, 5.41) is 4.03. The van der Waals surface area contributed by atoms with Gasteiger partial charge in [-0.1, -0.05) is 24.6 Å². The maximum absolute atomic E-state index is 11.1. The van der Waals surface area contributed by atoms with Gasteiger partial charge in [-0.05, 0) is 31.2 Å². The Morgan fingerprint density at radius 2 is 2.11 bits per heavy atom. The minimum absolute atomic E-state index is 0.185. The van der Waals surface area contributed by atoms with Gasteiger partial charge < -0.3 is 5.32 Å². The first-order chi connectivity index (χ1) is 8.83. The zero-order valence-electron chi connectivity index (χ0n) is 11.4. The highest BCUT2D eigenvalue weighted by molar-refractivity contribution is 8.00. The summed E-state index contributed by atoms with van der Waals surface area (Å²) in [6, 6.07) is 6.10. The zero-order valence-corrected chi connectivity index (χ0v) is 13.8. The first-order valence-corrected chi connectivity index (χ1v) is 9.59. The predicted molar refractivity (Wildman–Crippen MR) is 84.0 cm³/mol. The van der Waals surface area contributed by atoms with Gasteiger partial charge in [0, 0.05) is 28.0 Å². The molecule has 19 heavy (non-hydrogen) atoms. The van der Waals surface area contributed by atoms with Crippen molar-refractivity contribution in [3.8, 4) is 0 Å². The number of sulfone groups is 1. The van der Waals surface area contributed by atoms with Crippen LogP contribution in [0.5, 0.6) is 0 Å². The molecule has 0 spiro atoms. The molecule has 0 radical (unpaired) electrons. The van der Waals surface area contributed by atoms with Crippen LogP contribution in [0.4, 0.5) is 0 Å². The van der Waals surface area contributed by atoms with Gasteiger partial charge >= 0.3 is 0 Å². The molecule has 0 aliphatic carbocycles. The molecule has 0 aromatic heterocycles. The molecule has 1 aromatic rings. The Balaban J connectivity index is 2.66. The van der Waals surface area contributed by atoms with Gasteiger partial charge in [0.25, 0.3) is 0 Å². The lowest BCUT2D eigenvalue weighted by atomic mass is 10.1. The number of halogens is 1. The van der Waals surface area contributed by atoms with Gasteiger partial charge in [0.2, 0.25) is 0 Å². The molecule has 0 saturated carbocycles. The highest BCUT2D eigenvalue weighted by Crippen LogP contribution is 2.28. The van der Waals surface area contributed by atoms with Gasteiger partial charge in [0.1, 0.15) is 9.84 Å². The van der Waals surface area contributed by atoms with Gasteiger partial charge in [-0.2, -0.15) is 0 Å². The Kier molecular flexibility index (Phi) is 6.66. The summed E-state index contributed by atoms with van der Waals surface area (Å²) in [5.41, 5.74) is 1.07. The largest absolute Gasteiger partial charge is 0.310 e. The average Bonchev–Trinajstić information content (AvgIpc) is 2.27. The molecule has 1 aromatic carbocycles. The van der Waals surface area contributed by atoms with Crippen molar-refractivity contribution in [1.29, 1.82) is 0 Å². The van der Waals surface area contributed by atoms with E-state index in [0.29, 0.717) is 5.75 Å². The second-order valence-corrected chi connectivity index (χ2v) is 8.28. The van der Waals surface area contributed by atoms with E-state index in [1.807, 2.05) is 18.2 Å². The first kappa shape index (κ1) is 16.8. The molecule has 1 rings (SSSR count). The van der Waals surface area contributed by atoms with E-state index in [2.05, 4.69) is 19.2 Å². The van der Waals surface area contributed by atoms with Crippen LogP contribution < -0.4 is 5.32 Å². The van der Waals surface area contributed by atoms with Crippen LogP contribution in [0.25, 0.3) is 0 Å². The van der Waals surface area contributed by atoms with Crippen molar-refractivity contribution < 1.29 is 8.42 Å². The van der Waals surface area contributed by atoms with Crippen LogP contribution in [0.2, 0.25) is 5.02 Å². The second-order valence-electron chi connectivity index (χ2n) is 4.44. The van der Waals surface area contributed by atoms with Gasteiger partial charge in [-0.15, -0.1) is 11.8 Å². The van der Waals surface area contributed by atoms with Crippen molar-refractivity contribution in [2.75, 3.05) is 24.3 Å². The molecular weight excluding hydrogens is 302 g/mol. The molecule has 0 aliphatic rings. The van der Waals surface area contributed by atoms with Crippen molar-refractivity contribution in [2.24, 2.45) is 0 Å². The molecule has 6 heteroatoms. The van der Waals surface area contributed by atoms with E-state index in [1.54, 1.807) is 0 Å². The summed E-state index contributed by atoms with van der Waals surface area (Å²) in [6.07, 6.45) is 1.25. The van der Waals surface area contributed by atoms with E-state index in [1.165, 1.54) is 18.0 Å². The predicted octanol–water partition coefficient (Wildman–Crippen LogP) is 3.15. The third-order valence-electron chi connectivity index (χ3n) is 2.67. The molecule has 0 heterocycles. The lowest BCUT2D eigenvalue weighted by molar-refractivity contribution is 0.598. The van der Waals surface area contributed by atoms with Crippen molar-refractivity contribution in [1.82, 2.24) is 5.32 Å². The second kappa shape index (κ2) is 7.53. The zero-order chi connectivity index (χ0) is 14.5. The van der Waals surface area contributed by atoms with E-state index in [4.69, 9.17) is 11.6 Å². The highest BCUT2D eigenvalue weighted by atomic mass is 35.5. The van der Waals surface area contributed by atoms with E-state index in [9.17, 15) is 8.42 Å². The highest BCUT2D eigenvalue weighted by Gasteiger charge is 2.09. The third-order valence-corrected chi connectivity index (χ3v) is 5.20. The number of hydrogen-bond acceptors (Lipinski definition) is 4. The van der Waals surface area contributed by atoms with Gasteiger partial charge in [-0.3, -0.25) is 0 Å². The fourth-order valence-electron chi connectivity index (χ4n) is 1.68.